The van der Waals surface area contributed by atoms with E-state index < -0.39 is 0 Å². The number of para-hydroxylation sites is 1. The summed E-state index contributed by atoms with van der Waals surface area (Å²) in [6, 6.07) is 15.2. The number of ether oxygens (including phenoxy) is 1. The van der Waals surface area contributed by atoms with Crippen LogP contribution >= 0.6 is 0 Å². The Balaban J connectivity index is 1.46. The summed E-state index contributed by atoms with van der Waals surface area (Å²) in [7, 11) is 0. The van der Waals surface area contributed by atoms with E-state index in [9.17, 15) is 4.79 Å². The van der Waals surface area contributed by atoms with Crippen LogP contribution in [0, 0.1) is 6.92 Å². The molecule has 0 bridgehead atoms. The predicted molar refractivity (Wildman–Crippen MR) is 96.2 cm³/mol. The van der Waals surface area contributed by atoms with Crippen LogP contribution in [0.15, 0.2) is 53.1 Å². The van der Waals surface area contributed by atoms with Gasteiger partial charge in [0.1, 0.15) is 5.75 Å². The molecule has 0 radical (unpaired) electrons. The molecular formula is C20H19N3O3. The van der Waals surface area contributed by atoms with Crippen LogP contribution in [0.2, 0.25) is 0 Å². The number of aryl methyl sites for hydroxylation is 2. The molecule has 1 aliphatic heterocycles. The molecule has 2 aromatic carbocycles. The summed E-state index contributed by atoms with van der Waals surface area (Å²) in [5, 5.41) is 3.79. The molecule has 4 rings (SSSR count). The van der Waals surface area contributed by atoms with Crippen molar-refractivity contribution in [3.05, 3.63) is 71.4 Å². The molecule has 3 aromatic rings. The van der Waals surface area contributed by atoms with Gasteiger partial charge in [0, 0.05) is 24.7 Å². The van der Waals surface area contributed by atoms with Crippen LogP contribution in [0.1, 0.15) is 34.1 Å². The monoisotopic (exact) mass is 349 g/mol. The second-order valence-electron chi connectivity index (χ2n) is 6.23. The highest BCUT2D eigenvalue weighted by atomic mass is 16.5. The van der Waals surface area contributed by atoms with Gasteiger partial charge < -0.3 is 14.2 Å². The smallest absolute Gasteiger partial charge is 0.258 e. The largest absolute Gasteiger partial charge is 0.485 e. The Labute approximate surface area is 151 Å². The van der Waals surface area contributed by atoms with E-state index in [-0.39, 0.29) is 12.5 Å². The molecule has 6 nitrogen and oxygen atoms in total. The quantitative estimate of drug-likeness (QED) is 0.720. The summed E-state index contributed by atoms with van der Waals surface area (Å²) in [4.78, 5) is 18.9. The SMILES string of the molecule is Cc1nc(COc2ccc(C(=O)N3CCCc4ccccc43)cc2)no1. The number of hydrogen-bond acceptors (Lipinski definition) is 5. The number of amides is 1. The van der Waals surface area contributed by atoms with Gasteiger partial charge in [-0.3, -0.25) is 4.79 Å². The Morgan fingerprint density at radius 2 is 2.00 bits per heavy atom. The van der Waals surface area contributed by atoms with Gasteiger partial charge in [-0.1, -0.05) is 23.4 Å². The van der Waals surface area contributed by atoms with Crippen molar-refractivity contribution in [3.8, 4) is 5.75 Å². The van der Waals surface area contributed by atoms with Gasteiger partial charge in [-0.05, 0) is 48.7 Å². The minimum Gasteiger partial charge on any atom is -0.485 e. The van der Waals surface area contributed by atoms with Crippen molar-refractivity contribution >= 4 is 11.6 Å². The van der Waals surface area contributed by atoms with E-state index >= 15 is 0 Å². The zero-order valence-corrected chi connectivity index (χ0v) is 14.5. The highest BCUT2D eigenvalue weighted by Gasteiger charge is 2.23. The molecule has 1 aliphatic rings. The first kappa shape index (κ1) is 16.3. The Bertz CT molecular complexity index is 918. The number of hydrogen-bond donors (Lipinski definition) is 0. The number of nitrogens with zero attached hydrogens (tertiary/aromatic N) is 3. The fraction of sp³-hybridized carbons (Fsp3) is 0.250. The van der Waals surface area contributed by atoms with Crippen molar-refractivity contribution < 1.29 is 14.1 Å². The number of fused-ring (bicyclic) bond motifs is 1. The third-order valence-electron chi connectivity index (χ3n) is 4.39. The first-order valence-electron chi connectivity index (χ1n) is 8.62. The van der Waals surface area contributed by atoms with Gasteiger partial charge in [0.05, 0.1) is 0 Å². The highest BCUT2D eigenvalue weighted by molar-refractivity contribution is 6.06. The molecule has 0 unspecified atom stereocenters. The van der Waals surface area contributed by atoms with Crippen LogP contribution in [0.3, 0.4) is 0 Å². The van der Waals surface area contributed by atoms with Crippen LogP contribution in [0.25, 0.3) is 0 Å². The topological polar surface area (TPSA) is 68.5 Å². The van der Waals surface area contributed by atoms with Gasteiger partial charge in [-0.25, -0.2) is 0 Å². The standard InChI is InChI=1S/C20H19N3O3/c1-14-21-19(22-26-14)13-25-17-10-8-16(9-11-17)20(24)23-12-4-6-15-5-2-3-7-18(15)23/h2-3,5,7-11H,4,6,12-13H2,1H3. The highest BCUT2D eigenvalue weighted by Crippen LogP contribution is 2.28. The average molecular weight is 349 g/mol. The van der Waals surface area contributed by atoms with Crippen LogP contribution < -0.4 is 9.64 Å². The van der Waals surface area contributed by atoms with Crippen molar-refractivity contribution in [1.29, 1.82) is 0 Å². The molecule has 132 valence electrons. The third kappa shape index (κ3) is 3.31. The van der Waals surface area contributed by atoms with Crippen LogP contribution in [0.5, 0.6) is 5.75 Å². The Morgan fingerprint density at radius 3 is 2.77 bits per heavy atom. The molecule has 0 saturated carbocycles. The van der Waals surface area contributed by atoms with Gasteiger partial charge in [0.25, 0.3) is 5.91 Å². The molecule has 0 saturated heterocycles. The fourth-order valence-corrected chi connectivity index (χ4v) is 3.14. The summed E-state index contributed by atoms with van der Waals surface area (Å²) in [5.74, 6) is 1.67. The third-order valence-corrected chi connectivity index (χ3v) is 4.39. The summed E-state index contributed by atoms with van der Waals surface area (Å²) in [6.45, 7) is 2.70. The zero-order chi connectivity index (χ0) is 17.9. The zero-order valence-electron chi connectivity index (χ0n) is 14.5. The first-order chi connectivity index (χ1) is 12.7. The second-order valence-corrected chi connectivity index (χ2v) is 6.23. The lowest BCUT2D eigenvalue weighted by atomic mass is 10.0. The minimum absolute atomic E-state index is 0.0116. The summed E-state index contributed by atoms with van der Waals surface area (Å²) >= 11 is 0. The normalized spacial score (nSPS) is 13.3. The van der Waals surface area contributed by atoms with Gasteiger partial charge in [0.2, 0.25) is 11.7 Å². The Hall–Kier alpha value is -3.15. The number of anilines is 1. The van der Waals surface area contributed by atoms with Crippen molar-refractivity contribution in [3.63, 3.8) is 0 Å². The molecule has 0 aliphatic carbocycles. The van der Waals surface area contributed by atoms with Gasteiger partial charge in [0.15, 0.2) is 6.61 Å². The van der Waals surface area contributed by atoms with Crippen molar-refractivity contribution in [1.82, 2.24) is 10.1 Å². The van der Waals surface area contributed by atoms with Gasteiger partial charge >= 0.3 is 0 Å². The molecule has 2 heterocycles. The second kappa shape index (κ2) is 7.00. The summed E-state index contributed by atoms with van der Waals surface area (Å²) in [6.07, 6.45) is 2.00. The lowest BCUT2D eigenvalue weighted by Crippen LogP contribution is -2.35. The number of rotatable bonds is 4. The van der Waals surface area contributed by atoms with Crippen molar-refractivity contribution in [2.24, 2.45) is 0 Å². The molecule has 6 heteroatoms. The number of benzene rings is 2. The number of carbonyl (C=O) groups excluding carboxylic acids is 1. The van der Waals surface area contributed by atoms with Crippen molar-refractivity contribution in [2.45, 2.75) is 26.4 Å². The minimum atomic E-state index is 0.0116. The van der Waals surface area contributed by atoms with E-state index in [1.807, 2.05) is 23.1 Å². The number of aromatic nitrogens is 2. The molecule has 1 aromatic heterocycles. The molecular weight excluding hydrogens is 330 g/mol. The molecule has 26 heavy (non-hydrogen) atoms. The van der Waals surface area contributed by atoms with E-state index in [1.54, 1.807) is 31.2 Å². The van der Waals surface area contributed by atoms with E-state index in [0.29, 0.717) is 23.0 Å². The Kier molecular flexibility index (Phi) is 4.39. The van der Waals surface area contributed by atoms with E-state index in [1.165, 1.54) is 5.56 Å². The van der Waals surface area contributed by atoms with Crippen molar-refractivity contribution in [2.75, 3.05) is 11.4 Å². The van der Waals surface area contributed by atoms with Gasteiger partial charge in [-0.15, -0.1) is 0 Å². The van der Waals surface area contributed by atoms with E-state index in [4.69, 9.17) is 9.26 Å². The number of carbonyl (C=O) groups is 1. The Morgan fingerprint density at radius 1 is 1.19 bits per heavy atom. The molecule has 0 N–H and O–H groups in total. The maximum atomic E-state index is 12.9. The van der Waals surface area contributed by atoms with Crippen LogP contribution in [0.4, 0.5) is 5.69 Å². The van der Waals surface area contributed by atoms with Crippen LogP contribution in [-0.2, 0) is 13.0 Å². The summed E-state index contributed by atoms with van der Waals surface area (Å²) < 4.78 is 10.5. The van der Waals surface area contributed by atoms with E-state index in [2.05, 4.69) is 16.2 Å². The maximum Gasteiger partial charge on any atom is 0.258 e. The molecule has 1 amide bonds. The maximum absolute atomic E-state index is 12.9. The van der Waals surface area contributed by atoms with Crippen LogP contribution in [-0.4, -0.2) is 22.6 Å². The molecule has 0 fully saturated rings. The molecule has 0 spiro atoms. The van der Waals surface area contributed by atoms with E-state index in [0.717, 1.165) is 25.1 Å². The van der Waals surface area contributed by atoms with Gasteiger partial charge in [-0.2, -0.15) is 4.98 Å². The predicted octanol–water partition coefficient (Wildman–Crippen LogP) is 3.55. The lowest BCUT2D eigenvalue weighted by Gasteiger charge is -2.29. The molecule has 0 atom stereocenters. The fourth-order valence-electron chi connectivity index (χ4n) is 3.14. The first-order valence-corrected chi connectivity index (χ1v) is 8.62. The average Bonchev–Trinajstić information content (AvgIpc) is 3.11. The lowest BCUT2D eigenvalue weighted by molar-refractivity contribution is 0.0985. The summed E-state index contributed by atoms with van der Waals surface area (Å²) in [5.41, 5.74) is 2.88.